The van der Waals surface area contributed by atoms with E-state index in [-0.39, 0.29) is 12.1 Å². The zero-order valence-corrected chi connectivity index (χ0v) is 15.0. The van der Waals surface area contributed by atoms with Crippen LogP contribution >= 0.6 is 11.3 Å². The predicted octanol–water partition coefficient (Wildman–Crippen LogP) is 4.59. The molecule has 132 valence electrons. The van der Waals surface area contributed by atoms with Crippen LogP contribution in [0.15, 0.2) is 41.8 Å². The number of carbonyl (C=O) groups is 2. The molecule has 2 amide bonds. The van der Waals surface area contributed by atoms with Crippen LogP contribution in [0.1, 0.15) is 47.0 Å². The molecule has 0 saturated heterocycles. The number of benzene rings is 1. The Morgan fingerprint density at radius 3 is 2.48 bits per heavy atom. The molecule has 1 atom stereocenters. The van der Waals surface area contributed by atoms with Gasteiger partial charge in [-0.15, -0.1) is 11.3 Å². The topological polar surface area (TPSA) is 67.4 Å². The van der Waals surface area contributed by atoms with E-state index in [1.807, 2.05) is 11.4 Å². The van der Waals surface area contributed by atoms with Gasteiger partial charge in [-0.05, 0) is 54.5 Å². The van der Waals surface area contributed by atoms with Gasteiger partial charge in [-0.1, -0.05) is 18.9 Å². The Bertz CT molecular complexity index is 707. The summed E-state index contributed by atoms with van der Waals surface area (Å²) in [4.78, 5) is 25.1. The molecule has 5 nitrogen and oxygen atoms in total. The van der Waals surface area contributed by atoms with Gasteiger partial charge < -0.3 is 15.4 Å². The minimum absolute atomic E-state index is 0.0526. The predicted molar refractivity (Wildman–Crippen MR) is 99.0 cm³/mol. The number of nitrogens with one attached hydrogen (secondary N) is 2. The van der Waals surface area contributed by atoms with E-state index in [0.717, 1.165) is 12.8 Å². The molecule has 0 aliphatic heterocycles. The first-order valence-corrected chi connectivity index (χ1v) is 9.34. The molecule has 1 saturated carbocycles. The van der Waals surface area contributed by atoms with Crippen LogP contribution in [0.3, 0.4) is 0 Å². The molecular weight excluding hydrogens is 336 g/mol. The molecule has 25 heavy (non-hydrogen) atoms. The summed E-state index contributed by atoms with van der Waals surface area (Å²) in [6, 6.07) is 10.6. The fourth-order valence-electron chi connectivity index (χ4n) is 3.30. The van der Waals surface area contributed by atoms with Gasteiger partial charge in [0.2, 0.25) is 0 Å². The second-order valence-electron chi connectivity index (χ2n) is 6.21. The van der Waals surface area contributed by atoms with Crippen LogP contribution in [0.4, 0.5) is 10.5 Å². The second-order valence-corrected chi connectivity index (χ2v) is 7.18. The highest BCUT2D eigenvalue weighted by Gasteiger charge is 2.28. The van der Waals surface area contributed by atoms with Gasteiger partial charge in [-0.25, -0.2) is 9.59 Å². The van der Waals surface area contributed by atoms with Crippen molar-refractivity contribution in [2.75, 3.05) is 12.4 Å². The average Bonchev–Trinajstić information content (AvgIpc) is 3.33. The number of thiophene rings is 1. The molecule has 1 aliphatic rings. The summed E-state index contributed by atoms with van der Waals surface area (Å²) in [5.41, 5.74) is 1.09. The first-order chi connectivity index (χ1) is 12.2. The molecule has 1 fully saturated rings. The van der Waals surface area contributed by atoms with E-state index in [0.29, 0.717) is 17.2 Å². The number of ether oxygens (including phenoxy) is 1. The van der Waals surface area contributed by atoms with Crippen LogP contribution in [-0.4, -0.2) is 19.1 Å². The quantitative estimate of drug-likeness (QED) is 0.768. The third-order valence-corrected chi connectivity index (χ3v) is 5.53. The molecule has 2 N–H and O–H groups in total. The first-order valence-electron chi connectivity index (χ1n) is 8.46. The summed E-state index contributed by atoms with van der Waals surface area (Å²) in [6.45, 7) is 0. The highest BCUT2D eigenvalue weighted by molar-refractivity contribution is 7.10. The number of anilines is 1. The van der Waals surface area contributed by atoms with Gasteiger partial charge in [0.05, 0.1) is 18.7 Å². The van der Waals surface area contributed by atoms with E-state index < -0.39 is 5.97 Å². The third kappa shape index (κ3) is 4.39. The van der Waals surface area contributed by atoms with Gasteiger partial charge in [0.1, 0.15) is 0 Å². The highest BCUT2D eigenvalue weighted by Crippen LogP contribution is 2.37. The SMILES string of the molecule is COC(=O)c1ccc(NC(=O)N[C@H](c2cccs2)C2CCCC2)cc1. The monoisotopic (exact) mass is 358 g/mol. The zero-order valence-electron chi connectivity index (χ0n) is 14.2. The Kier molecular flexibility index (Phi) is 5.71. The maximum atomic E-state index is 12.4. The molecule has 0 bridgehead atoms. The van der Waals surface area contributed by atoms with Gasteiger partial charge in [0.15, 0.2) is 0 Å². The molecule has 0 radical (unpaired) electrons. The van der Waals surface area contributed by atoms with Crippen molar-refractivity contribution in [3.63, 3.8) is 0 Å². The lowest BCUT2D eigenvalue weighted by atomic mass is 9.97. The summed E-state index contributed by atoms with van der Waals surface area (Å²) in [5, 5.41) is 8.02. The molecule has 6 heteroatoms. The lowest BCUT2D eigenvalue weighted by Crippen LogP contribution is -2.35. The summed E-state index contributed by atoms with van der Waals surface area (Å²) >= 11 is 1.68. The lowest BCUT2D eigenvalue weighted by Gasteiger charge is -2.24. The summed E-state index contributed by atoms with van der Waals surface area (Å²) in [6.07, 6.45) is 4.75. The minimum Gasteiger partial charge on any atom is -0.465 e. The second kappa shape index (κ2) is 8.16. The Morgan fingerprint density at radius 2 is 1.88 bits per heavy atom. The number of methoxy groups -OCH3 is 1. The Hall–Kier alpha value is -2.34. The van der Waals surface area contributed by atoms with E-state index >= 15 is 0 Å². The van der Waals surface area contributed by atoms with Crippen molar-refractivity contribution in [2.45, 2.75) is 31.7 Å². The minimum atomic E-state index is -0.394. The third-order valence-electron chi connectivity index (χ3n) is 4.57. The summed E-state index contributed by atoms with van der Waals surface area (Å²) in [5.74, 6) is 0.0982. The Labute approximate surface area is 151 Å². The van der Waals surface area contributed by atoms with Crippen molar-refractivity contribution in [1.82, 2.24) is 5.32 Å². The standard InChI is InChI=1S/C19H22N2O3S/c1-24-18(22)14-8-10-15(11-9-14)20-19(23)21-17(13-5-2-3-6-13)16-7-4-12-25-16/h4,7-13,17H,2-3,5-6H2,1H3,(H2,20,21,23)/t17-/m0/s1. The van der Waals surface area contributed by atoms with Gasteiger partial charge in [0, 0.05) is 10.6 Å². The number of carbonyl (C=O) groups excluding carboxylic acids is 2. The van der Waals surface area contributed by atoms with Gasteiger partial charge in [-0.2, -0.15) is 0 Å². The number of amides is 2. The van der Waals surface area contributed by atoms with E-state index in [9.17, 15) is 9.59 Å². The first kappa shape index (κ1) is 17.5. The molecule has 0 spiro atoms. The van der Waals surface area contributed by atoms with Crippen molar-refractivity contribution in [2.24, 2.45) is 5.92 Å². The van der Waals surface area contributed by atoms with E-state index in [4.69, 9.17) is 0 Å². The van der Waals surface area contributed by atoms with E-state index in [1.54, 1.807) is 35.6 Å². The molecule has 3 rings (SSSR count). The van der Waals surface area contributed by atoms with Crippen molar-refractivity contribution in [1.29, 1.82) is 0 Å². The Morgan fingerprint density at radius 1 is 1.16 bits per heavy atom. The van der Waals surface area contributed by atoms with Crippen LogP contribution in [-0.2, 0) is 4.74 Å². The largest absolute Gasteiger partial charge is 0.465 e. The van der Waals surface area contributed by atoms with E-state index in [1.165, 1.54) is 24.8 Å². The number of urea groups is 1. The van der Waals surface area contributed by atoms with Crippen LogP contribution in [0, 0.1) is 5.92 Å². The smallest absolute Gasteiger partial charge is 0.337 e. The van der Waals surface area contributed by atoms with Crippen LogP contribution < -0.4 is 10.6 Å². The van der Waals surface area contributed by atoms with Crippen LogP contribution in [0.5, 0.6) is 0 Å². The van der Waals surface area contributed by atoms with Crippen molar-refractivity contribution < 1.29 is 14.3 Å². The highest BCUT2D eigenvalue weighted by atomic mass is 32.1. The molecule has 1 heterocycles. The number of esters is 1. The summed E-state index contributed by atoms with van der Waals surface area (Å²) in [7, 11) is 1.34. The van der Waals surface area contributed by atoms with Crippen molar-refractivity contribution >= 4 is 29.0 Å². The van der Waals surface area contributed by atoms with Gasteiger partial charge >= 0.3 is 12.0 Å². The van der Waals surface area contributed by atoms with Gasteiger partial charge in [0.25, 0.3) is 0 Å². The number of hydrogen-bond donors (Lipinski definition) is 2. The summed E-state index contributed by atoms with van der Waals surface area (Å²) < 4.78 is 4.67. The molecule has 1 aromatic heterocycles. The maximum absolute atomic E-state index is 12.4. The van der Waals surface area contributed by atoms with Crippen molar-refractivity contribution in [3.8, 4) is 0 Å². The van der Waals surface area contributed by atoms with Crippen LogP contribution in [0.25, 0.3) is 0 Å². The average molecular weight is 358 g/mol. The lowest BCUT2D eigenvalue weighted by molar-refractivity contribution is 0.0601. The molecule has 2 aromatic rings. The van der Waals surface area contributed by atoms with E-state index in [2.05, 4.69) is 21.4 Å². The fraction of sp³-hybridized carbons (Fsp3) is 0.368. The molecule has 1 aliphatic carbocycles. The van der Waals surface area contributed by atoms with Crippen LogP contribution in [0.2, 0.25) is 0 Å². The maximum Gasteiger partial charge on any atom is 0.337 e. The Balaban J connectivity index is 1.64. The fourth-order valence-corrected chi connectivity index (χ4v) is 4.17. The van der Waals surface area contributed by atoms with Gasteiger partial charge in [-0.3, -0.25) is 0 Å². The van der Waals surface area contributed by atoms with Crippen molar-refractivity contribution in [3.05, 3.63) is 52.2 Å². The number of rotatable bonds is 5. The normalized spacial score (nSPS) is 15.6. The molecule has 1 aromatic carbocycles. The molecular formula is C19H22N2O3S. The molecule has 0 unspecified atom stereocenters. The zero-order chi connectivity index (χ0) is 17.6. The number of hydrogen-bond acceptors (Lipinski definition) is 4.